The number of guanidine groups is 1. The number of rotatable bonds is 3. The summed E-state index contributed by atoms with van der Waals surface area (Å²) >= 11 is 0. The highest BCUT2D eigenvalue weighted by molar-refractivity contribution is 5.89. The lowest BCUT2D eigenvalue weighted by molar-refractivity contribution is -0.120. The average Bonchev–Trinajstić information content (AvgIpc) is 2.70. The molecule has 88 valence electrons. The van der Waals surface area contributed by atoms with Gasteiger partial charge in [-0.1, -0.05) is 18.2 Å². The van der Waals surface area contributed by atoms with Crippen molar-refractivity contribution in [1.82, 2.24) is 10.4 Å². The van der Waals surface area contributed by atoms with Gasteiger partial charge in [-0.15, -0.1) is 5.10 Å². The molecule has 1 amide bonds. The van der Waals surface area contributed by atoms with E-state index in [0.29, 0.717) is 0 Å². The number of aromatic nitrogens is 1. The highest BCUT2D eigenvalue weighted by Crippen LogP contribution is 2.17. The van der Waals surface area contributed by atoms with E-state index < -0.39 is 0 Å². The van der Waals surface area contributed by atoms with Gasteiger partial charge in [0.1, 0.15) is 0 Å². The number of hydrogen-bond acceptors (Lipinski definition) is 2. The van der Waals surface area contributed by atoms with E-state index in [1.54, 1.807) is 6.20 Å². The number of hydrazone groups is 1. The summed E-state index contributed by atoms with van der Waals surface area (Å²) in [7, 11) is 0. The molecule has 0 aliphatic heterocycles. The van der Waals surface area contributed by atoms with Crippen LogP contribution in [0, 0.1) is 0 Å². The summed E-state index contributed by atoms with van der Waals surface area (Å²) in [5, 5.41) is 4.47. The Morgan fingerprint density at radius 2 is 2.12 bits per heavy atom. The molecule has 1 heterocycles. The first-order valence-electron chi connectivity index (χ1n) is 5.09. The SMILES string of the molecule is NC(N)=NNC(=O)Cc1c[nH]c2ccccc12. The number of hydrogen-bond donors (Lipinski definition) is 4. The number of H-pyrrole nitrogens is 1. The maximum Gasteiger partial charge on any atom is 0.244 e. The lowest BCUT2D eigenvalue weighted by atomic mass is 10.1. The number of carbonyl (C=O) groups is 1. The Labute approximate surface area is 97.7 Å². The fraction of sp³-hybridized carbons (Fsp3) is 0.0909. The lowest BCUT2D eigenvalue weighted by Crippen LogP contribution is -2.29. The summed E-state index contributed by atoms with van der Waals surface area (Å²) in [6.07, 6.45) is 2.03. The molecule has 17 heavy (non-hydrogen) atoms. The monoisotopic (exact) mass is 231 g/mol. The van der Waals surface area contributed by atoms with E-state index in [1.165, 1.54) is 0 Å². The topological polar surface area (TPSA) is 109 Å². The predicted octanol–water partition coefficient (Wildman–Crippen LogP) is 0.0150. The van der Waals surface area contributed by atoms with Gasteiger partial charge in [0.25, 0.3) is 0 Å². The van der Waals surface area contributed by atoms with Crippen molar-refractivity contribution in [2.75, 3.05) is 0 Å². The van der Waals surface area contributed by atoms with Crippen molar-refractivity contribution in [3.05, 3.63) is 36.0 Å². The molecule has 0 saturated carbocycles. The van der Waals surface area contributed by atoms with Gasteiger partial charge in [0, 0.05) is 17.1 Å². The second kappa shape index (κ2) is 4.56. The Morgan fingerprint density at radius 1 is 1.35 bits per heavy atom. The zero-order chi connectivity index (χ0) is 12.3. The maximum atomic E-state index is 11.5. The number of nitrogens with one attached hydrogen (secondary N) is 2. The molecule has 0 atom stereocenters. The van der Waals surface area contributed by atoms with Gasteiger partial charge in [-0.25, -0.2) is 5.43 Å². The number of amides is 1. The van der Waals surface area contributed by atoms with Gasteiger partial charge in [0.15, 0.2) is 0 Å². The maximum absolute atomic E-state index is 11.5. The van der Waals surface area contributed by atoms with Crippen LogP contribution in [-0.2, 0) is 11.2 Å². The predicted molar refractivity (Wildman–Crippen MR) is 66.0 cm³/mol. The molecule has 1 aromatic heterocycles. The number of aromatic amines is 1. The highest BCUT2D eigenvalue weighted by Gasteiger charge is 2.07. The Balaban J connectivity index is 2.13. The largest absolute Gasteiger partial charge is 0.369 e. The summed E-state index contributed by atoms with van der Waals surface area (Å²) < 4.78 is 0. The summed E-state index contributed by atoms with van der Waals surface area (Å²) in [5.41, 5.74) is 14.4. The van der Waals surface area contributed by atoms with Gasteiger partial charge in [-0.2, -0.15) is 0 Å². The molecule has 0 bridgehead atoms. The molecule has 0 fully saturated rings. The molecule has 0 aliphatic carbocycles. The van der Waals surface area contributed by atoms with Gasteiger partial charge >= 0.3 is 0 Å². The third kappa shape index (κ3) is 2.54. The van der Waals surface area contributed by atoms with Crippen molar-refractivity contribution in [2.24, 2.45) is 16.6 Å². The first-order valence-corrected chi connectivity index (χ1v) is 5.09. The van der Waals surface area contributed by atoms with Crippen molar-refractivity contribution in [1.29, 1.82) is 0 Å². The zero-order valence-electron chi connectivity index (χ0n) is 9.10. The molecule has 2 rings (SSSR count). The average molecular weight is 231 g/mol. The quantitative estimate of drug-likeness (QED) is 0.339. The van der Waals surface area contributed by atoms with Crippen LogP contribution < -0.4 is 16.9 Å². The van der Waals surface area contributed by atoms with Crippen LogP contribution in [0.3, 0.4) is 0 Å². The van der Waals surface area contributed by atoms with Crippen LogP contribution in [-0.4, -0.2) is 16.9 Å². The lowest BCUT2D eigenvalue weighted by Gasteiger charge is -1.99. The number of carbonyl (C=O) groups excluding carboxylic acids is 1. The minimum atomic E-state index is -0.261. The van der Waals surface area contributed by atoms with Crippen molar-refractivity contribution >= 4 is 22.8 Å². The molecular weight excluding hydrogens is 218 g/mol. The molecule has 0 aliphatic rings. The number of fused-ring (bicyclic) bond motifs is 1. The molecule has 0 spiro atoms. The number of nitrogens with two attached hydrogens (primary N) is 2. The summed E-state index contributed by atoms with van der Waals surface area (Å²) in [6.45, 7) is 0. The highest BCUT2D eigenvalue weighted by atomic mass is 16.2. The summed E-state index contributed by atoms with van der Waals surface area (Å²) in [5.74, 6) is -0.430. The van der Waals surface area contributed by atoms with Crippen LogP contribution in [0.5, 0.6) is 0 Å². The van der Waals surface area contributed by atoms with Crippen molar-refractivity contribution in [3.63, 3.8) is 0 Å². The van der Waals surface area contributed by atoms with Crippen molar-refractivity contribution in [3.8, 4) is 0 Å². The normalized spacial score (nSPS) is 10.1. The van der Waals surface area contributed by atoms with E-state index in [1.807, 2.05) is 24.3 Å². The Hall–Kier alpha value is -2.50. The third-order valence-corrected chi connectivity index (χ3v) is 2.34. The van der Waals surface area contributed by atoms with Crippen molar-refractivity contribution in [2.45, 2.75) is 6.42 Å². The molecule has 6 N–H and O–H groups in total. The molecule has 0 radical (unpaired) electrons. The van der Waals surface area contributed by atoms with Crippen LogP contribution in [0.25, 0.3) is 10.9 Å². The number of benzene rings is 1. The Morgan fingerprint density at radius 3 is 2.88 bits per heavy atom. The van der Waals surface area contributed by atoms with E-state index in [9.17, 15) is 4.79 Å². The van der Waals surface area contributed by atoms with Gasteiger partial charge in [0.2, 0.25) is 11.9 Å². The molecule has 0 saturated heterocycles. The Kier molecular flexibility index (Phi) is 2.95. The standard InChI is InChI=1S/C11H13N5O/c12-11(13)16-15-10(17)5-7-6-14-9-4-2-1-3-8(7)9/h1-4,6,14H,5H2,(H,15,17)(H4,12,13,16). The van der Waals surface area contributed by atoms with Gasteiger partial charge < -0.3 is 16.5 Å². The molecule has 6 nitrogen and oxygen atoms in total. The molecule has 2 aromatic rings. The molecular formula is C11H13N5O. The van der Waals surface area contributed by atoms with Crippen molar-refractivity contribution < 1.29 is 4.79 Å². The van der Waals surface area contributed by atoms with E-state index in [2.05, 4.69) is 15.5 Å². The Bertz CT molecular complexity index is 568. The van der Waals surface area contributed by atoms with E-state index >= 15 is 0 Å². The van der Waals surface area contributed by atoms with E-state index in [4.69, 9.17) is 11.5 Å². The van der Waals surface area contributed by atoms with Gasteiger partial charge in [0.05, 0.1) is 6.42 Å². The second-order valence-corrected chi connectivity index (χ2v) is 3.61. The van der Waals surface area contributed by atoms with E-state index in [0.717, 1.165) is 16.5 Å². The molecule has 1 aromatic carbocycles. The zero-order valence-corrected chi connectivity index (χ0v) is 9.10. The number of nitrogens with zero attached hydrogens (tertiary/aromatic N) is 1. The third-order valence-electron chi connectivity index (χ3n) is 2.34. The van der Waals surface area contributed by atoms with Crippen LogP contribution in [0.4, 0.5) is 0 Å². The minimum Gasteiger partial charge on any atom is -0.369 e. The van der Waals surface area contributed by atoms with Crippen LogP contribution in [0.15, 0.2) is 35.6 Å². The van der Waals surface area contributed by atoms with Crippen LogP contribution in [0.1, 0.15) is 5.56 Å². The van der Waals surface area contributed by atoms with Crippen LogP contribution in [0.2, 0.25) is 0 Å². The van der Waals surface area contributed by atoms with Gasteiger partial charge in [-0.05, 0) is 11.6 Å². The number of para-hydroxylation sites is 1. The minimum absolute atomic E-state index is 0.169. The molecule has 6 heteroatoms. The second-order valence-electron chi connectivity index (χ2n) is 3.61. The first kappa shape index (κ1) is 11.0. The van der Waals surface area contributed by atoms with Gasteiger partial charge in [-0.3, -0.25) is 4.79 Å². The first-order chi connectivity index (χ1) is 8.16. The summed E-state index contributed by atoms with van der Waals surface area (Å²) in [6, 6.07) is 7.76. The van der Waals surface area contributed by atoms with Crippen LogP contribution >= 0.6 is 0 Å². The van der Waals surface area contributed by atoms with E-state index in [-0.39, 0.29) is 18.3 Å². The smallest absolute Gasteiger partial charge is 0.244 e. The fourth-order valence-electron chi connectivity index (χ4n) is 1.62. The fourth-order valence-corrected chi connectivity index (χ4v) is 1.62. The summed E-state index contributed by atoms with van der Waals surface area (Å²) in [4.78, 5) is 14.6. The molecule has 0 unspecified atom stereocenters.